The fourth-order valence-corrected chi connectivity index (χ4v) is 4.54. The number of pyridine rings is 2. The molecule has 3 N–H and O–H groups in total. The zero-order chi connectivity index (χ0) is 24.2. The highest BCUT2D eigenvalue weighted by Crippen LogP contribution is 2.33. The zero-order valence-corrected chi connectivity index (χ0v) is 19.7. The topological polar surface area (TPSA) is 116 Å². The van der Waals surface area contributed by atoms with Gasteiger partial charge in [0.15, 0.2) is 11.6 Å². The third kappa shape index (κ3) is 4.95. The second-order valence-electron chi connectivity index (χ2n) is 7.69. The molecule has 3 aromatic heterocycles. The number of nitrogens with zero attached hydrogens (tertiary/aromatic N) is 4. The average Bonchev–Trinajstić information content (AvgIpc) is 2.90. The van der Waals surface area contributed by atoms with Gasteiger partial charge >= 0.3 is 0 Å². The van der Waals surface area contributed by atoms with E-state index in [1.54, 1.807) is 24.4 Å². The molecule has 1 atom stereocenters. The summed E-state index contributed by atoms with van der Waals surface area (Å²) in [5, 5.41) is 0.977. The number of aromatic nitrogens is 4. The predicted octanol–water partition coefficient (Wildman–Crippen LogP) is 4.62. The summed E-state index contributed by atoms with van der Waals surface area (Å²) in [6, 6.07) is 24.8. The molecule has 0 aliphatic rings. The monoisotopic (exact) mass is 482 g/mol. The van der Waals surface area contributed by atoms with E-state index in [0.717, 1.165) is 22.0 Å². The number of ether oxygens (including phenoxy) is 1. The Bertz CT molecular complexity index is 1530. The summed E-state index contributed by atoms with van der Waals surface area (Å²) in [6.45, 7) is 0. The number of fused-ring (bicyclic) bond motifs is 1. The second kappa shape index (κ2) is 9.86. The Morgan fingerprint density at radius 1 is 0.886 bits per heavy atom. The first-order chi connectivity index (χ1) is 17.1. The number of nitrogens with one attached hydrogen (secondary N) is 1. The van der Waals surface area contributed by atoms with Crippen molar-refractivity contribution >= 4 is 33.5 Å². The normalized spacial score (nSPS) is 11.8. The SMILES string of the molecule is COc1cccc(CS(=O)Nc2nc(-c3ccc4ncccc4c3)c(-c3ccccc3)nc2N)n1. The van der Waals surface area contributed by atoms with Gasteiger partial charge < -0.3 is 10.5 Å². The Morgan fingerprint density at radius 3 is 2.54 bits per heavy atom. The smallest absolute Gasteiger partial charge is 0.213 e. The van der Waals surface area contributed by atoms with Crippen LogP contribution in [0, 0.1) is 0 Å². The maximum Gasteiger partial charge on any atom is 0.213 e. The molecule has 174 valence electrons. The molecule has 3 heterocycles. The fourth-order valence-electron chi connectivity index (χ4n) is 3.67. The van der Waals surface area contributed by atoms with Crippen molar-refractivity contribution in [2.24, 2.45) is 0 Å². The number of rotatable bonds is 7. The number of methoxy groups -OCH3 is 1. The van der Waals surface area contributed by atoms with Crippen molar-refractivity contribution in [2.45, 2.75) is 5.75 Å². The van der Waals surface area contributed by atoms with Crippen molar-refractivity contribution in [3.8, 4) is 28.4 Å². The number of benzene rings is 2. The molecule has 0 amide bonds. The van der Waals surface area contributed by atoms with Crippen LogP contribution in [-0.2, 0) is 16.7 Å². The maximum absolute atomic E-state index is 12.9. The number of hydrogen-bond acceptors (Lipinski definition) is 7. The van der Waals surface area contributed by atoms with Crippen LogP contribution in [0.2, 0.25) is 0 Å². The van der Waals surface area contributed by atoms with Crippen LogP contribution in [0.1, 0.15) is 5.69 Å². The Hall–Kier alpha value is -4.37. The van der Waals surface area contributed by atoms with Gasteiger partial charge in [0, 0.05) is 28.8 Å². The van der Waals surface area contributed by atoms with Crippen molar-refractivity contribution in [1.29, 1.82) is 0 Å². The van der Waals surface area contributed by atoms with Crippen molar-refractivity contribution in [2.75, 3.05) is 17.6 Å². The lowest BCUT2D eigenvalue weighted by atomic mass is 10.0. The molecule has 0 saturated heterocycles. The van der Waals surface area contributed by atoms with Gasteiger partial charge in [-0.15, -0.1) is 0 Å². The first-order valence-electron chi connectivity index (χ1n) is 10.8. The summed E-state index contributed by atoms with van der Waals surface area (Å²) >= 11 is 0. The van der Waals surface area contributed by atoms with Crippen molar-refractivity contribution in [3.05, 3.63) is 90.8 Å². The van der Waals surface area contributed by atoms with Gasteiger partial charge in [-0.05, 0) is 24.3 Å². The second-order valence-corrected chi connectivity index (χ2v) is 8.88. The van der Waals surface area contributed by atoms with E-state index in [9.17, 15) is 4.21 Å². The fraction of sp³-hybridized carbons (Fsp3) is 0.0769. The lowest BCUT2D eigenvalue weighted by molar-refractivity contribution is 0.397. The van der Waals surface area contributed by atoms with Crippen LogP contribution >= 0.6 is 0 Å². The molecule has 35 heavy (non-hydrogen) atoms. The summed E-state index contributed by atoms with van der Waals surface area (Å²) in [5.41, 5.74) is 10.7. The molecule has 0 bridgehead atoms. The number of nitrogens with two attached hydrogens (primary N) is 1. The zero-order valence-electron chi connectivity index (χ0n) is 18.9. The van der Waals surface area contributed by atoms with E-state index in [-0.39, 0.29) is 17.4 Å². The lowest BCUT2D eigenvalue weighted by Gasteiger charge is -2.14. The maximum atomic E-state index is 12.9. The molecule has 0 aliphatic carbocycles. The van der Waals surface area contributed by atoms with Crippen LogP contribution in [0.5, 0.6) is 5.88 Å². The van der Waals surface area contributed by atoms with Gasteiger partial charge in [-0.3, -0.25) is 9.71 Å². The molecule has 5 rings (SSSR count). The third-order valence-electron chi connectivity index (χ3n) is 5.33. The largest absolute Gasteiger partial charge is 0.481 e. The van der Waals surface area contributed by atoms with Gasteiger partial charge in [0.05, 0.1) is 35.5 Å². The van der Waals surface area contributed by atoms with Crippen LogP contribution in [0.15, 0.2) is 85.1 Å². The van der Waals surface area contributed by atoms with Gasteiger partial charge in [-0.25, -0.2) is 19.2 Å². The molecule has 0 radical (unpaired) electrons. The van der Waals surface area contributed by atoms with E-state index >= 15 is 0 Å². The van der Waals surface area contributed by atoms with Gasteiger partial charge in [0.2, 0.25) is 5.88 Å². The van der Waals surface area contributed by atoms with Gasteiger partial charge in [-0.1, -0.05) is 48.5 Å². The minimum absolute atomic E-state index is 0.149. The van der Waals surface area contributed by atoms with E-state index in [0.29, 0.717) is 23.0 Å². The Morgan fingerprint density at radius 2 is 1.71 bits per heavy atom. The molecule has 0 fully saturated rings. The average molecular weight is 483 g/mol. The van der Waals surface area contributed by atoms with Gasteiger partial charge in [0.25, 0.3) is 0 Å². The Kier molecular flexibility index (Phi) is 6.32. The summed E-state index contributed by atoms with van der Waals surface area (Å²) in [4.78, 5) is 18.1. The van der Waals surface area contributed by atoms with E-state index in [1.165, 1.54) is 7.11 Å². The van der Waals surface area contributed by atoms with Crippen LogP contribution in [0.25, 0.3) is 33.4 Å². The van der Waals surface area contributed by atoms with Gasteiger partial charge in [-0.2, -0.15) is 0 Å². The minimum atomic E-state index is -1.54. The van der Waals surface area contributed by atoms with Crippen LogP contribution in [0.4, 0.5) is 11.6 Å². The number of hydrogen-bond donors (Lipinski definition) is 2. The van der Waals surface area contributed by atoms with Crippen molar-refractivity contribution < 1.29 is 8.95 Å². The lowest BCUT2D eigenvalue weighted by Crippen LogP contribution is -2.13. The summed E-state index contributed by atoms with van der Waals surface area (Å²) in [7, 11) is -0.00311. The summed E-state index contributed by atoms with van der Waals surface area (Å²) < 4.78 is 20.9. The highest BCUT2D eigenvalue weighted by Gasteiger charge is 2.17. The van der Waals surface area contributed by atoms with E-state index in [2.05, 4.69) is 19.7 Å². The minimum Gasteiger partial charge on any atom is -0.481 e. The molecule has 5 aromatic rings. The third-order valence-corrected chi connectivity index (χ3v) is 6.31. The summed E-state index contributed by atoms with van der Waals surface area (Å²) in [5.74, 6) is 1.00. The van der Waals surface area contributed by atoms with E-state index in [1.807, 2.05) is 60.7 Å². The van der Waals surface area contributed by atoms with Crippen LogP contribution in [0.3, 0.4) is 0 Å². The molecule has 2 aromatic carbocycles. The van der Waals surface area contributed by atoms with Crippen LogP contribution < -0.4 is 15.2 Å². The standard InChI is InChI=1S/C26H22N6O2S/c1-34-22-11-5-10-20(29-22)16-35(33)32-26-25(27)30-23(17-7-3-2-4-8-17)24(31-26)19-12-13-21-18(15-19)9-6-14-28-21/h2-15H,16H2,1H3,(H2,27,30)(H,31,32). The molecule has 0 saturated carbocycles. The predicted molar refractivity (Wildman–Crippen MR) is 139 cm³/mol. The van der Waals surface area contributed by atoms with Crippen molar-refractivity contribution in [1.82, 2.24) is 19.9 Å². The van der Waals surface area contributed by atoms with E-state index < -0.39 is 11.0 Å². The highest BCUT2D eigenvalue weighted by atomic mass is 32.2. The van der Waals surface area contributed by atoms with Crippen molar-refractivity contribution in [3.63, 3.8) is 0 Å². The molecule has 0 spiro atoms. The van der Waals surface area contributed by atoms with E-state index in [4.69, 9.17) is 15.5 Å². The Labute approximate surface area is 204 Å². The number of nitrogen functional groups attached to an aromatic ring is 1. The van der Waals surface area contributed by atoms with Crippen LogP contribution in [-0.4, -0.2) is 31.3 Å². The van der Waals surface area contributed by atoms with Gasteiger partial charge in [0.1, 0.15) is 11.0 Å². The first-order valence-corrected chi connectivity index (χ1v) is 12.2. The Balaban J connectivity index is 1.54. The number of anilines is 2. The highest BCUT2D eigenvalue weighted by molar-refractivity contribution is 7.85. The molecule has 8 nitrogen and oxygen atoms in total. The summed E-state index contributed by atoms with van der Waals surface area (Å²) in [6.07, 6.45) is 1.76. The quantitative estimate of drug-likeness (QED) is 0.348. The molecule has 9 heteroatoms. The molecule has 1 unspecified atom stereocenters. The molecule has 0 aliphatic heterocycles. The molecular weight excluding hydrogens is 460 g/mol. The molecular formula is C26H22N6O2S. The first kappa shape index (κ1) is 22.4.